The number of nitrogens with zero attached hydrogens (tertiary/aromatic N) is 2. The van der Waals surface area contributed by atoms with Gasteiger partial charge < -0.3 is 10.0 Å². The molecule has 0 aliphatic carbocycles. The minimum absolute atomic E-state index is 0.0720. The Kier molecular flexibility index (Phi) is 5.89. The Morgan fingerprint density at radius 2 is 1.72 bits per heavy atom. The van der Waals surface area contributed by atoms with Gasteiger partial charge in [0.25, 0.3) is 0 Å². The van der Waals surface area contributed by atoms with Crippen molar-refractivity contribution in [2.45, 2.75) is 39.0 Å². The van der Waals surface area contributed by atoms with Crippen LogP contribution < -0.4 is 0 Å². The van der Waals surface area contributed by atoms with E-state index in [4.69, 9.17) is 0 Å². The normalized spacial score (nSPS) is 16.5. The smallest absolute Gasteiger partial charge is 0.0687 e. The van der Waals surface area contributed by atoms with Gasteiger partial charge in [0.2, 0.25) is 0 Å². The molecule has 1 unspecified atom stereocenters. The molecule has 3 rings (SSSR count). The topological polar surface area (TPSA) is 26.7 Å². The highest BCUT2D eigenvalue weighted by molar-refractivity contribution is 5.68. The third kappa shape index (κ3) is 4.30. The summed E-state index contributed by atoms with van der Waals surface area (Å²) in [6.45, 7) is 5.69. The number of aliphatic hydroxyl groups excluding tert-OH is 1. The monoisotopic (exact) mass is 338 g/mol. The lowest BCUT2D eigenvalue weighted by Crippen LogP contribution is -2.23. The van der Waals surface area contributed by atoms with Gasteiger partial charge in [0.1, 0.15) is 0 Å². The molecule has 0 aromatic heterocycles. The maximum absolute atomic E-state index is 9.80. The molecule has 1 aliphatic heterocycles. The van der Waals surface area contributed by atoms with Crippen LogP contribution in [0, 0.1) is 0 Å². The summed E-state index contributed by atoms with van der Waals surface area (Å²) in [5.74, 6) is 0. The molecular formula is C22H30N2O. The lowest BCUT2D eigenvalue weighted by molar-refractivity contribution is 0.263. The van der Waals surface area contributed by atoms with E-state index in [1.807, 2.05) is 0 Å². The molecular weight excluding hydrogens is 308 g/mol. The second-order valence-electron chi connectivity index (χ2n) is 7.43. The van der Waals surface area contributed by atoms with E-state index in [2.05, 4.69) is 73.3 Å². The van der Waals surface area contributed by atoms with Gasteiger partial charge in [-0.2, -0.15) is 0 Å². The van der Waals surface area contributed by atoms with Crippen molar-refractivity contribution < 1.29 is 5.11 Å². The van der Waals surface area contributed by atoms with Crippen LogP contribution >= 0.6 is 0 Å². The zero-order chi connectivity index (χ0) is 17.8. The molecule has 0 saturated carbocycles. The molecule has 1 fully saturated rings. The van der Waals surface area contributed by atoms with E-state index < -0.39 is 0 Å². The molecule has 2 aromatic rings. The summed E-state index contributed by atoms with van der Waals surface area (Å²) in [5.41, 5.74) is 5.92. The number of likely N-dealkylation sites (tertiary alicyclic amines) is 1. The molecule has 0 amide bonds. The first-order chi connectivity index (χ1) is 12.1. The molecule has 0 radical (unpaired) electrons. The zero-order valence-corrected chi connectivity index (χ0v) is 15.7. The van der Waals surface area contributed by atoms with E-state index >= 15 is 0 Å². The highest BCUT2D eigenvalue weighted by atomic mass is 16.3. The van der Waals surface area contributed by atoms with Gasteiger partial charge in [-0.3, -0.25) is 4.90 Å². The van der Waals surface area contributed by atoms with Gasteiger partial charge in [-0.05, 0) is 74.8 Å². The summed E-state index contributed by atoms with van der Waals surface area (Å²) in [5, 5.41) is 9.80. The fraction of sp³-hybridized carbons (Fsp3) is 0.455. The molecule has 3 heteroatoms. The van der Waals surface area contributed by atoms with Gasteiger partial charge in [-0.25, -0.2) is 0 Å². The highest BCUT2D eigenvalue weighted by Crippen LogP contribution is 2.29. The summed E-state index contributed by atoms with van der Waals surface area (Å²) in [4.78, 5) is 4.70. The van der Waals surface area contributed by atoms with Crippen molar-refractivity contribution in [2.75, 3.05) is 27.2 Å². The summed E-state index contributed by atoms with van der Waals surface area (Å²) in [6, 6.07) is 15.8. The molecule has 1 N–H and O–H groups in total. The van der Waals surface area contributed by atoms with Crippen molar-refractivity contribution in [3.8, 4) is 11.1 Å². The molecule has 25 heavy (non-hydrogen) atoms. The minimum Gasteiger partial charge on any atom is -0.392 e. The van der Waals surface area contributed by atoms with E-state index in [0.29, 0.717) is 6.04 Å². The Bertz CT molecular complexity index is 688. The zero-order valence-electron chi connectivity index (χ0n) is 15.7. The molecule has 1 saturated heterocycles. The lowest BCUT2D eigenvalue weighted by atomic mass is 9.96. The van der Waals surface area contributed by atoms with Gasteiger partial charge in [-0.15, -0.1) is 0 Å². The van der Waals surface area contributed by atoms with Crippen LogP contribution in [0.15, 0.2) is 42.5 Å². The highest BCUT2D eigenvalue weighted by Gasteiger charge is 2.19. The molecule has 0 bridgehead atoms. The molecule has 1 heterocycles. The van der Waals surface area contributed by atoms with Gasteiger partial charge in [0.05, 0.1) is 6.61 Å². The quantitative estimate of drug-likeness (QED) is 0.860. The fourth-order valence-electron chi connectivity index (χ4n) is 3.80. The van der Waals surface area contributed by atoms with Crippen LogP contribution in [0.4, 0.5) is 0 Å². The summed E-state index contributed by atoms with van der Waals surface area (Å²) < 4.78 is 0. The molecule has 1 aliphatic rings. The standard InChI is InChI=1S/C22H30N2O/c1-17(24-12-4-5-13-24)19-7-9-20(10-8-19)22-11-6-18(15-23(2)3)14-21(22)16-25/h6-11,14,17,25H,4-5,12-13,15-16H2,1-3H3. The van der Waals surface area contributed by atoms with Crippen LogP contribution in [0.2, 0.25) is 0 Å². The van der Waals surface area contributed by atoms with E-state index in [1.165, 1.54) is 42.6 Å². The average molecular weight is 338 g/mol. The Hall–Kier alpha value is -1.68. The first-order valence-corrected chi connectivity index (χ1v) is 9.30. The van der Waals surface area contributed by atoms with Crippen molar-refractivity contribution in [1.29, 1.82) is 0 Å². The van der Waals surface area contributed by atoms with Gasteiger partial charge >= 0.3 is 0 Å². The fourth-order valence-corrected chi connectivity index (χ4v) is 3.80. The number of aliphatic hydroxyl groups is 1. The first-order valence-electron chi connectivity index (χ1n) is 9.30. The molecule has 2 aromatic carbocycles. The van der Waals surface area contributed by atoms with Gasteiger partial charge in [0, 0.05) is 12.6 Å². The maximum Gasteiger partial charge on any atom is 0.0687 e. The van der Waals surface area contributed by atoms with E-state index in [9.17, 15) is 5.11 Å². The van der Waals surface area contributed by atoms with Crippen LogP contribution in [0.1, 0.15) is 42.5 Å². The molecule has 134 valence electrons. The predicted molar refractivity (Wildman–Crippen MR) is 104 cm³/mol. The van der Waals surface area contributed by atoms with E-state index in [0.717, 1.165) is 17.7 Å². The summed E-state index contributed by atoms with van der Waals surface area (Å²) in [6.07, 6.45) is 2.64. The number of rotatable bonds is 6. The third-order valence-corrected chi connectivity index (χ3v) is 5.23. The van der Waals surface area contributed by atoms with Crippen LogP contribution in [-0.4, -0.2) is 42.1 Å². The average Bonchev–Trinajstić information content (AvgIpc) is 3.15. The second-order valence-corrected chi connectivity index (χ2v) is 7.43. The van der Waals surface area contributed by atoms with Crippen molar-refractivity contribution in [1.82, 2.24) is 9.80 Å². The minimum atomic E-state index is 0.0720. The number of hydrogen-bond donors (Lipinski definition) is 1. The van der Waals surface area contributed by atoms with E-state index in [1.54, 1.807) is 0 Å². The van der Waals surface area contributed by atoms with E-state index in [-0.39, 0.29) is 6.61 Å². The molecule has 1 atom stereocenters. The Morgan fingerprint density at radius 3 is 2.32 bits per heavy atom. The van der Waals surface area contributed by atoms with Gasteiger partial charge in [-0.1, -0.05) is 42.5 Å². The van der Waals surface area contributed by atoms with Crippen LogP contribution in [-0.2, 0) is 13.2 Å². The summed E-state index contributed by atoms with van der Waals surface area (Å²) >= 11 is 0. The van der Waals surface area contributed by atoms with Gasteiger partial charge in [0.15, 0.2) is 0 Å². The summed E-state index contributed by atoms with van der Waals surface area (Å²) in [7, 11) is 4.12. The van der Waals surface area contributed by atoms with Crippen LogP contribution in [0.3, 0.4) is 0 Å². The van der Waals surface area contributed by atoms with Crippen molar-refractivity contribution in [2.24, 2.45) is 0 Å². The van der Waals surface area contributed by atoms with Crippen LogP contribution in [0.5, 0.6) is 0 Å². The molecule has 0 spiro atoms. The SMILES string of the molecule is CC(c1ccc(-c2ccc(CN(C)C)cc2CO)cc1)N1CCCC1. The lowest BCUT2D eigenvalue weighted by Gasteiger charge is -2.24. The predicted octanol–water partition coefficient (Wildman–Crippen LogP) is 4.06. The Labute approximate surface area is 151 Å². The number of benzene rings is 2. The number of hydrogen-bond acceptors (Lipinski definition) is 3. The maximum atomic E-state index is 9.80. The third-order valence-electron chi connectivity index (χ3n) is 5.23. The Balaban J connectivity index is 1.81. The Morgan fingerprint density at radius 1 is 1.04 bits per heavy atom. The van der Waals surface area contributed by atoms with Crippen LogP contribution in [0.25, 0.3) is 11.1 Å². The molecule has 3 nitrogen and oxygen atoms in total. The largest absolute Gasteiger partial charge is 0.392 e. The first kappa shape index (κ1) is 18.1. The van der Waals surface area contributed by atoms with Crippen molar-refractivity contribution in [3.05, 3.63) is 59.2 Å². The second kappa shape index (κ2) is 8.13. The van der Waals surface area contributed by atoms with Crippen molar-refractivity contribution in [3.63, 3.8) is 0 Å². The van der Waals surface area contributed by atoms with Crippen molar-refractivity contribution >= 4 is 0 Å².